The Morgan fingerprint density at radius 2 is 1.97 bits per heavy atom. The predicted molar refractivity (Wildman–Crippen MR) is 123 cm³/mol. The number of ether oxygens (including phenoxy) is 2. The molecule has 2 aromatic heterocycles. The second-order valence-electron chi connectivity index (χ2n) is 7.04. The zero-order valence-electron chi connectivity index (χ0n) is 18.0. The van der Waals surface area contributed by atoms with Crippen molar-refractivity contribution >= 4 is 34.2 Å². The summed E-state index contributed by atoms with van der Waals surface area (Å²) in [5.74, 6) is 1.71. The second-order valence-corrected chi connectivity index (χ2v) is 7.04. The summed E-state index contributed by atoms with van der Waals surface area (Å²) in [4.78, 5) is 4.69. The predicted octanol–water partition coefficient (Wildman–Crippen LogP) is 4.63. The number of rotatable bonds is 9. The van der Waals surface area contributed by atoms with E-state index in [9.17, 15) is 0 Å². The number of benzene rings is 2. The number of aryl methyl sites for hydroxylation is 1. The van der Waals surface area contributed by atoms with Crippen LogP contribution < -0.4 is 14.9 Å². The van der Waals surface area contributed by atoms with Gasteiger partial charge in [-0.25, -0.2) is 5.43 Å². The van der Waals surface area contributed by atoms with Gasteiger partial charge >= 0.3 is 0 Å². The van der Waals surface area contributed by atoms with Crippen LogP contribution in [0.15, 0.2) is 47.6 Å². The molecule has 4 aromatic rings. The number of fused-ring (bicyclic) bond motifs is 3. The lowest BCUT2D eigenvalue weighted by Gasteiger charge is -2.09. The Morgan fingerprint density at radius 3 is 2.77 bits per heavy atom. The fourth-order valence-electron chi connectivity index (χ4n) is 3.50. The van der Waals surface area contributed by atoms with E-state index in [1.165, 1.54) is 0 Å². The van der Waals surface area contributed by atoms with Crippen LogP contribution in [0.25, 0.3) is 22.1 Å². The van der Waals surface area contributed by atoms with E-state index in [4.69, 9.17) is 9.47 Å². The summed E-state index contributed by atoms with van der Waals surface area (Å²) in [5, 5.41) is 14.0. The van der Waals surface area contributed by atoms with Gasteiger partial charge in [0.1, 0.15) is 5.52 Å². The summed E-state index contributed by atoms with van der Waals surface area (Å²) in [6, 6.07) is 13.8. The molecule has 160 valence electrons. The summed E-state index contributed by atoms with van der Waals surface area (Å²) in [6.45, 7) is 5.57. The van der Waals surface area contributed by atoms with E-state index in [2.05, 4.69) is 49.3 Å². The average Bonchev–Trinajstić information content (AvgIpc) is 3.11. The van der Waals surface area contributed by atoms with Crippen molar-refractivity contribution in [2.75, 3.05) is 19.1 Å². The Morgan fingerprint density at radius 1 is 1.10 bits per heavy atom. The standard InChI is InChI=1S/C23H26N6O2/c1-4-6-13-29-18-10-8-7-9-17(18)21-22(29)25-23(28-26-21)27-24-15-16-11-12-19(31-5-2)20(14-16)30-3/h7-12,14-15H,4-6,13H2,1-3H3,(H,25,27,28)/b24-15+. The number of nitrogens with one attached hydrogen (secondary N) is 1. The highest BCUT2D eigenvalue weighted by Gasteiger charge is 2.14. The zero-order valence-corrected chi connectivity index (χ0v) is 18.0. The summed E-state index contributed by atoms with van der Waals surface area (Å²) < 4.78 is 13.1. The van der Waals surface area contributed by atoms with E-state index in [1.54, 1.807) is 13.3 Å². The van der Waals surface area contributed by atoms with Gasteiger partial charge in [-0.1, -0.05) is 31.5 Å². The maximum atomic E-state index is 5.55. The van der Waals surface area contributed by atoms with E-state index in [1.807, 2.05) is 37.3 Å². The van der Waals surface area contributed by atoms with Gasteiger partial charge in [0.05, 0.1) is 25.4 Å². The molecule has 4 rings (SSSR count). The minimum atomic E-state index is 0.349. The van der Waals surface area contributed by atoms with Crippen molar-refractivity contribution in [2.24, 2.45) is 5.10 Å². The molecule has 8 heteroatoms. The first-order valence-electron chi connectivity index (χ1n) is 10.5. The third-order valence-electron chi connectivity index (χ3n) is 4.97. The molecule has 0 saturated carbocycles. The molecule has 0 bridgehead atoms. The normalized spacial score (nSPS) is 11.5. The summed E-state index contributed by atoms with van der Waals surface area (Å²) in [7, 11) is 1.61. The van der Waals surface area contributed by atoms with Gasteiger partial charge in [0.25, 0.3) is 5.95 Å². The Kier molecular flexibility index (Phi) is 6.26. The number of methoxy groups -OCH3 is 1. The van der Waals surface area contributed by atoms with Gasteiger partial charge in [-0.15, -0.1) is 10.2 Å². The highest BCUT2D eigenvalue weighted by Crippen LogP contribution is 2.28. The fourth-order valence-corrected chi connectivity index (χ4v) is 3.50. The van der Waals surface area contributed by atoms with Crippen LogP contribution in [-0.2, 0) is 6.54 Å². The Hall–Kier alpha value is -3.68. The number of hydrazone groups is 1. The van der Waals surface area contributed by atoms with Gasteiger partial charge in [0.15, 0.2) is 17.1 Å². The van der Waals surface area contributed by atoms with Crippen LogP contribution in [0.1, 0.15) is 32.3 Å². The van der Waals surface area contributed by atoms with Crippen molar-refractivity contribution in [3.63, 3.8) is 0 Å². The summed E-state index contributed by atoms with van der Waals surface area (Å²) in [6.07, 6.45) is 3.85. The van der Waals surface area contributed by atoms with Crippen LogP contribution in [0.5, 0.6) is 11.5 Å². The third kappa shape index (κ3) is 4.28. The molecule has 0 aliphatic rings. The molecule has 0 amide bonds. The first-order valence-corrected chi connectivity index (χ1v) is 10.5. The first-order chi connectivity index (χ1) is 15.2. The van der Waals surface area contributed by atoms with Crippen molar-refractivity contribution in [3.8, 4) is 11.5 Å². The topological polar surface area (TPSA) is 86.5 Å². The van der Waals surface area contributed by atoms with E-state index in [0.29, 0.717) is 24.1 Å². The van der Waals surface area contributed by atoms with Gasteiger partial charge in [-0.05, 0) is 43.2 Å². The molecule has 0 unspecified atom stereocenters. The van der Waals surface area contributed by atoms with Crippen LogP contribution in [0.2, 0.25) is 0 Å². The molecular weight excluding hydrogens is 392 g/mol. The molecule has 0 atom stereocenters. The van der Waals surface area contributed by atoms with Crippen LogP contribution in [-0.4, -0.2) is 39.7 Å². The Balaban J connectivity index is 1.60. The second kappa shape index (κ2) is 9.42. The average molecular weight is 419 g/mol. The number of unbranched alkanes of at least 4 members (excludes halogenated alkanes) is 1. The summed E-state index contributed by atoms with van der Waals surface area (Å²) in [5.41, 5.74) is 6.48. The molecule has 2 aromatic carbocycles. The largest absolute Gasteiger partial charge is 0.493 e. The van der Waals surface area contributed by atoms with Gasteiger partial charge in [0.2, 0.25) is 0 Å². The van der Waals surface area contributed by atoms with Crippen LogP contribution in [0.4, 0.5) is 5.95 Å². The van der Waals surface area contributed by atoms with Gasteiger partial charge in [0, 0.05) is 11.9 Å². The Labute approximate surface area is 180 Å². The molecule has 8 nitrogen and oxygen atoms in total. The maximum absolute atomic E-state index is 5.55. The zero-order chi connectivity index (χ0) is 21.6. The molecule has 0 aliphatic carbocycles. The summed E-state index contributed by atoms with van der Waals surface area (Å²) >= 11 is 0. The number of nitrogens with zero attached hydrogens (tertiary/aromatic N) is 5. The number of hydrogen-bond acceptors (Lipinski definition) is 7. The highest BCUT2D eigenvalue weighted by atomic mass is 16.5. The van der Waals surface area contributed by atoms with Crippen molar-refractivity contribution in [3.05, 3.63) is 48.0 Å². The number of anilines is 1. The lowest BCUT2D eigenvalue weighted by atomic mass is 10.2. The minimum absolute atomic E-state index is 0.349. The van der Waals surface area contributed by atoms with E-state index in [-0.39, 0.29) is 0 Å². The van der Waals surface area contributed by atoms with Crippen molar-refractivity contribution in [1.82, 2.24) is 19.7 Å². The van der Waals surface area contributed by atoms with Gasteiger partial charge in [-0.3, -0.25) is 0 Å². The molecule has 1 N–H and O–H groups in total. The van der Waals surface area contributed by atoms with Crippen LogP contribution in [0.3, 0.4) is 0 Å². The van der Waals surface area contributed by atoms with Crippen LogP contribution >= 0.6 is 0 Å². The fraction of sp³-hybridized carbons (Fsp3) is 0.304. The Bertz CT molecular complexity index is 1220. The molecule has 2 heterocycles. The minimum Gasteiger partial charge on any atom is -0.493 e. The quantitative estimate of drug-likeness (QED) is 0.315. The van der Waals surface area contributed by atoms with Gasteiger partial charge < -0.3 is 14.0 Å². The van der Waals surface area contributed by atoms with Crippen LogP contribution in [0, 0.1) is 0 Å². The molecular formula is C23H26N6O2. The SMILES string of the molecule is CCCCn1c2ccccc2c2nnc(N/N=C/c3ccc(OCC)c(OC)c3)nc21. The molecule has 0 saturated heterocycles. The number of aromatic nitrogens is 4. The molecule has 0 radical (unpaired) electrons. The number of para-hydroxylation sites is 1. The lowest BCUT2D eigenvalue weighted by Crippen LogP contribution is -2.03. The highest BCUT2D eigenvalue weighted by molar-refractivity contribution is 6.04. The van der Waals surface area contributed by atoms with E-state index in [0.717, 1.165) is 47.0 Å². The van der Waals surface area contributed by atoms with Crippen molar-refractivity contribution in [2.45, 2.75) is 33.2 Å². The molecule has 0 fully saturated rings. The smallest absolute Gasteiger partial charge is 0.265 e. The van der Waals surface area contributed by atoms with Gasteiger partial charge in [-0.2, -0.15) is 10.1 Å². The molecule has 31 heavy (non-hydrogen) atoms. The van der Waals surface area contributed by atoms with Crippen molar-refractivity contribution < 1.29 is 9.47 Å². The lowest BCUT2D eigenvalue weighted by molar-refractivity contribution is 0.311. The van der Waals surface area contributed by atoms with Crippen molar-refractivity contribution in [1.29, 1.82) is 0 Å². The van der Waals surface area contributed by atoms with E-state index >= 15 is 0 Å². The monoisotopic (exact) mass is 418 g/mol. The maximum Gasteiger partial charge on any atom is 0.265 e. The first kappa shape index (κ1) is 20.6. The third-order valence-corrected chi connectivity index (χ3v) is 4.97. The number of hydrogen-bond donors (Lipinski definition) is 1. The molecule has 0 spiro atoms. The molecule has 0 aliphatic heterocycles. The van der Waals surface area contributed by atoms with E-state index < -0.39 is 0 Å².